The molecule has 4 aromatic rings. The molecule has 4 N–H and O–H groups in total. The maximum absolute atomic E-state index is 12.1. The third-order valence-electron chi connectivity index (χ3n) is 4.78. The van der Waals surface area contributed by atoms with Crippen LogP contribution in [0, 0.1) is 10.1 Å². The number of nitrogens with zero attached hydrogens (tertiary/aromatic N) is 3. The molecule has 182 valence electrons. The molecule has 4 rings (SSSR count). The predicted octanol–water partition coefficient (Wildman–Crippen LogP) is 5.77. The number of nitro groups is 1. The zero-order valence-electron chi connectivity index (χ0n) is 18.3. The van der Waals surface area contributed by atoms with Gasteiger partial charge in [-0.2, -0.15) is 0 Å². The molecule has 36 heavy (non-hydrogen) atoms. The van der Waals surface area contributed by atoms with Crippen molar-refractivity contribution in [2.45, 2.75) is 0 Å². The summed E-state index contributed by atoms with van der Waals surface area (Å²) in [5, 5.41) is 34.3. The van der Waals surface area contributed by atoms with E-state index in [2.05, 4.69) is 25.8 Å². The average Bonchev–Trinajstić information content (AvgIpc) is 3.17. The molecule has 13 heteroatoms. The smallest absolute Gasteiger partial charge is 0.323 e. The van der Waals surface area contributed by atoms with E-state index in [0.29, 0.717) is 27.7 Å². The van der Waals surface area contributed by atoms with Gasteiger partial charge in [0.15, 0.2) is 12.3 Å². The summed E-state index contributed by atoms with van der Waals surface area (Å²) in [6.45, 7) is -0.448. The standard InChI is InChI=1S/C23H17ClN6O6/c24-13-1-3-14(4-2-13)25-23(33)26-15-5-8-17(9-6-15)36-12-20(31)28-29-21-18-11-16(30(34)35)7-10-19(18)27-22(21)32/h1-11,27,32H,12H2,(H2,25,26,33). The molecule has 0 aliphatic carbocycles. The average molecular weight is 509 g/mol. The Hall–Kier alpha value is -4.97. The molecule has 1 heterocycles. The third kappa shape index (κ3) is 5.93. The number of nitro benzene ring substituents is 1. The van der Waals surface area contributed by atoms with E-state index in [1.54, 1.807) is 48.5 Å². The summed E-state index contributed by atoms with van der Waals surface area (Å²) >= 11 is 5.82. The van der Waals surface area contributed by atoms with Crippen molar-refractivity contribution in [3.05, 3.63) is 81.9 Å². The molecular weight excluding hydrogens is 492 g/mol. The maximum atomic E-state index is 12.1. The molecule has 0 radical (unpaired) electrons. The van der Waals surface area contributed by atoms with Gasteiger partial charge in [-0.3, -0.25) is 14.9 Å². The Kier molecular flexibility index (Phi) is 7.07. The number of halogens is 1. The van der Waals surface area contributed by atoms with Gasteiger partial charge in [-0.15, -0.1) is 10.2 Å². The molecule has 0 spiro atoms. The number of nitrogens with one attached hydrogen (secondary N) is 3. The fourth-order valence-corrected chi connectivity index (χ4v) is 3.23. The van der Waals surface area contributed by atoms with Crippen molar-refractivity contribution in [2.24, 2.45) is 10.2 Å². The molecule has 0 aliphatic heterocycles. The highest BCUT2D eigenvalue weighted by molar-refractivity contribution is 6.30. The van der Waals surface area contributed by atoms with Crippen molar-refractivity contribution in [1.82, 2.24) is 4.98 Å². The number of aromatic amines is 1. The number of H-pyrrole nitrogens is 1. The highest BCUT2D eigenvalue weighted by atomic mass is 35.5. The van der Waals surface area contributed by atoms with Gasteiger partial charge in [-0.25, -0.2) is 4.79 Å². The van der Waals surface area contributed by atoms with Crippen LogP contribution < -0.4 is 15.4 Å². The van der Waals surface area contributed by atoms with Crippen LogP contribution in [-0.2, 0) is 4.79 Å². The Morgan fingerprint density at radius 2 is 1.67 bits per heavy atom. The fraction of sp³-hybridized carbons (Fsp3) is 0.0435. The van der Waals surface area contributed by atoms with Crippen molar-refractivity contribution in [3.8, 4) is 11.6 Å². The number of urea groups is 1. The number of aromatic nitrogens is 1. The van der Waals surface area contributed by atoms with Crippen molar-refractivity contribution < 1.29 is 24.4 Å². The predicted molar refractivity (Wildman–Crippen MR) is 132 cm³/mol. The van der Waals surface area contributed by atoms with E-state index in [9.17, 15) is 24.8 Å². The fourth-order valence-electron chi connectivity index (χ4n) is 3.11. The van der Waals surface area contributed by atoms with E-state index in [0.717, 1.165) is 0 Å². The molecule has 0 saturated carbocycles. The molecule has 0 bridgehead atoms. The van der Waals surface area contributed by atoms with Gasteiger partial charge in [0, 0.05) is 33.9 Å². The molecule has 0 saturated heterocycles. The Morgan fingerprint density at radius 3 is 2.31 bits per heavy atom. The molecule has 0 aliphatic rings. The van der Waals surface area contributed by atoms with Gasteiger partial charge >= 0.3 is 11.9 Å². The third-order valence-corrected chi connectivity index (χ3v) is 5.04. The van der Waals surface area contributed by atoms with Gasteiger partial charge in [0.05, 0.1) is 10.4 Å². The van der Waals surface area contributed by atoms with E-state index < -0.39 is 23.5 Å². The molecule has 3 aromatic carbocycles. The lowest BCUT2D eigenvalue weighted by molar-refractivity contribution is -0.384. The summed E-state index contributed by atoms with van der Waals surface area (Å²) in [7, 11) is 0. The number of rotatable bonds is 7. The van der Waals surface area contributed by atoms with Gasteiger partial charge in [-0.05, 0) is 54.6 Å². The first-order valence-electron chi connectivity index (χ1n) is 10.3. The van der Waals surface area contributed by atoms with Crippen LogP contribution in [-0.4, -0.2) is 33.6 Å². The number of carbonyl (C=O) groups excluding carboxylic acids is 2. The Balaban J connectivity index is 1.32. The van der Waals surface area contributed by atoms with Crippen molar-refractivity contribution in [3.63, 3.8) is 0 Å². The first-order chi connectivity index (χ1) is 17.3. The van der Waals surface area contributed by atoms with Crippen LogP contribution in [0.3, 0.4) is 0 Å². The van der Waals surface area contributed by atoms with Crippen LogP contribution in [0.15, 0.2) is 77.0 Å². The molecule has 0 fully saturated rings. The van der Waals surface area contributed by atoms with Gasteiger partial charge in [0.1, 0.15) is 5.75 Å². The van der Waals surface area contributed by atoms with Gasteiger partial charge in [-0.1, -0.05) is 11.6 Å². The second-order valence-corrected chi connectivity index (χ2v) is 7.74. The number of hydrogen-bond acceptors (Lipinski definition) is 7. The summed E-state index contributed by atoms with van der Waals surface area (Å²) in [6, 6.07) is 16.3. The van der Waals surface area contributed by atoms with Gasteiger partial charge in [0.2, 0.25) is 5.88 Å². The Bertz CT molecular complexity index is 1470. The van der Waals surface area contributed by atoms with Crippen LogP contribution >= 0.6 is 11.6 Å². The summed E-state index contributed by atoms with van der Waals surface area (Å²) in [4.78, 5) is 37.2. The summed E-state index contributed by atoms with van der Waals surface area (Å²) in [6.07, 6.45) is 0. The monoisotopic (exact) mass is 508 g/mol. The number of carbonyl (C=O) groups is 2. The zero-order chi connectivity index (χ0) is 25.7. The normalized spacial score (nSPS) is 10.9. The summed E-state index contributed by atoms with van der Waals surface area (Å²) in [5.74, 6) is -0.794. The molecule has 3 amide bonds. The van der Waals surface area contributed by atoms with E-state index in [1.807, 2.05) is 0 Å². The zero-order valence-corrected chi connectivity index (χ0v) is 19.0. The van der Waals surface area contributed by atoms with E-state index in [4.69, 9.17) is 16.3 Å². The van der Waals surface area contributed by atoms with Crippen LogP contribution in [0.1, 0.15) is 0 Å². The highest BCUT2D eigenvalue weighted by Crippen LogP contribution is 2.37. The molecule has 0 atom stereocenters. The second kappa shape index (κ2) is 10.5. The van der Waals surface area contributed by atoms with Gasteiger partial charge in [0.25, 0.3) is 5.69 Å². The van der Waals surface area contributed by atoms with Gasteiger partial charge < -0.3 is 25.5 Å². The molecule has 0 unspecified atom stereocenters. The van der Waals surface area contributed by atoms with Crippen molar-refractivity contribution in [1.29, 1.82) is 0 Å². The quantitative estimate of drug-likeness (QED) is 0.140. The Labute approximate surface area is 207 Å². The van der Waals surface area contributed by atoms with Crippen molar-refractivity contribution in [2.75, 3.05) is 17.2 Å². The number of fused-ring (bicyclic) bond motifs is 1. The first-order valence-corrected chi connectivity index (χ1v) is 10.7. The topological polar surface area (TPSA) is 171 Å². The lowest BCUT2D eigenvalue weighted by Crippen LogP contribution is -2.19. The van der Waals surface area contributed by atoms with Crippen LogP contribution in [0.5, 0.6) is 11.6 Å². The van der Waals surface area contributed by atoms with Crippen LogP contribution in [0.25, 0.3) is 10.9 Å². The number of aromatic hydroxyl groups is 1. The number of ether oxygens (including phenoxy) is 1. The summed E-state index contributed by atoms with van der Waals surface area (Å²) in [5.41, 5.74) is 1.15. The number of amides is 3. The van der Waals surface area contributed by atoms with Crippen LogP contribution in [0.4, 0.5) is 27.5 Å². The number of hydrogen-bond donors (Lipinski definition) is 4. The second-order valence-electron chi connectivity index (χ2n) is 7.30. The number of anilines is 2. The lowest BCUT2D eigenvalue weighted by atomic mass is 10.2. The number of benzene rings is 3. The SMILES string of the molecule is O=C(COc1ccc(NC(=O)Nc2ccc(Cl)cc2)cc1)N=Nc1c(O)[nH]c2ccc([N+](=O)[O-])cc12. The van der Waals surface area contributed by atoms with E-state index in [1.165, 1.54) is 18.2 Å². The number of non-ortho nitro benzene ring substituents is 1. The maximum Gasteiger partial charge on any atom is 0.323 e. The lowest BCUT2D eigenvalue weighted by Gasteiger charge is -2.09. The molecular formula is C23H17ClN6O6. The van der Waals surface area contributed by atoms with E-state index >= 15 is 0 Å². The van der Waals surface area contributed by atoms with E-state index in [-0.39, 0.29) is 22.6 Å². The number of azo groups is 1. The van der Waals surface area contributed by atoms with Crippen LogP contribution in [0.2, 0.25) is 5.02 Å². The van der Waals surface area contributed by atoms with Crippen molar-refractivity contribution >= 4 is 57.2 Å². The molecule has 1 aromatic heterocycles. The first kappa shape index (κ1) is 24.2. The molecule has 12 nitrogen and oxygen atoms in total. The highest BCUT2D eigenvalue weighted by Gasteiger charge is 2.15. The summed E-state index contributed by atoms with van der Waals surface area (Å²) < 4.78 is 5.37. The minimum absolute atomic E-state index is 0.102. The minimum Gasteiger partial charge on any atom is -0.493 e. The minimum atomic E-state index is -0.751. The Morgan fingerprint density at radius 1 is 1.03 bits per heavy atom. The largest absolute Gasteiger partial charge is 0.493 e.